The number of esters is 1. The number of phenolic OH excluding ortho intramolecular Hbond substituents is 1. The Morgan fingerprint density at radius 1 is 1.26 bits per heavy atom. The van der Waals surface area contributed by atoms with Crippen LogP contribution in [0.2, 0.25) is 0 Å². The maximum absolute atomic E-state index is 11.8. The molecule has 1 rings (SSSR count). The molecular weight excluding hydrogens is 248 g/mol. The first kappa shape index (κ1) is 15.2. The number of ether oxygens (including phenoxy) is 2. The summed E-state index contributed by atoms with van der Waals surface area (Å²) in [6.45, 7) is 3.88. The van der Waals surface area contributed by atoms with Crippen molar-refractivity contribution in [1.29, 1.82) is 0 Å². The number of phenols is 1. The highest BCUT2D eigenvalue weighted by Gasteiger charge is 2.20. The van der Waals surface area contributed by atoms with Gasteiger partial charge in [-0.05, 0) is 37.6 Å². The Morgan fingerprint density at radius 3 is 2.42 bits per heavy atom. The Hall–Kier alpha value is -1.85. The van der Waals surface area contributed by atoms with E-state index < -0.39 is 12.3 Å². The molecule has 0 amide bonds. The highest BCUT2D eigenvalue weighted by molar-refractivity contribution is 5.94. The van der Waals surface area contributed by atoms with Crippen molar-refractivity contribution in [3.63, 3.8) is 0 Å². The molecule has 0 radical (unpaired) electrons. The molecule has 1 aromatic carbocycles. The van der Waals surface area contributed by atoms with Crippen LogP contribution in [0.1, 0.15) is 19.4 Å². The third kappa shape index (κ3) is 4.73. The van der Waals surface area contributed by atoms with Crippen molar-refractivity contribution in [2.24, 2.45) is 0 Å². The molecule has 0 spiro atoms. The van der Waals surface area contributed by atoms with Gasteiger partial charge in [-0.15, -0.1) is 0 Å². The van der Waals surface area contributed by atoms with Crippen LogP contribution in [0.15, 0.2) is 29.8 Å². The molecule has 0 fully saturated rings. The van der Waals surface area contributed by atoms with E-state index in [-0.39, 0.29) is 24.5 Å². The smallest absolute Gasteiger partial charge is 0.339 e. The van der Waals surface area contributed by atoms with Crippen LogP contribution in [-0.2, 0) is 14.3 Å². The lowest BCUT2D eigenvalue weighted by Gasteiger charge is -2.13. The van der Waals surface area contributed by atoms with Crippen LogP contribution in [0.5, 0.6) is 5.75 Å². The minimum absolute atomic E-state index is 0.0226. The normalized spacial score (nSPS) is 13.1. The Kier molecular flexibility index (Phi) is 6.05. The van der Waals surface area contributed by atoms with E-state index in [0.717, 1.165) is 0 Å². The predicted molar refractivity (Wildman–Crippen MR) is 70.3 cm³/mol. The second-order valence-corrected chi connectivity index (χ2v) is 3.72. The van der Waals surface area contributed by atoms with Gasteiger partial charge in [0.2, 0.25) is 0 Å². The monoisotopic (exact) mass is 266 g/mol. The molecule has 1 unspecified atom stereocenters. The fourth-order valence-electron chi connectivity index (χ4n) is 1.44. The molecule has 0 aliphatic rings. The van der Waals surface area contributed by atoms with Gasteiger partial charge < -0.3 is 19.7 Å². The van der Waals surface area contributed by atoms with Gasteiger partial charge >= 0.3 is 5.97 Å². The van der Waals surface area contributed by atoms with E-state index in [1.54, 1.807) is 26.0 Å². The quantitative estimate of drug-likeness (QED) is 0.465. The fraction of sp³-hybridized carbons (Fsp3) is 0.357. The Balaban J connectivity index is 3.00. The van der Waals surface area contributed by atoms with Gasteiger partial charge in [-0.25, -0.2) is 4.79 Å². The molecule has 19 heavy (non-hydrogen) atoms. The summed E-state index contributed by atoms with van der Waals surface area (Å²) in [4.78, 5) is 11.8. The van der Waals surface area contributed by atoms with Crippen LogP contribution in [0.4, 0.5) is 0 Å². The zero-order chi connectivity index (χ0) is 14.3. The average molecular weight is 266 g/mol. The number of aromatic hydroxyl groups is 1. The summed E-state index contributed by atoms with van der Waals surface area (Å²) in [6.07, 6.45) is 0.135. The van der Waals surface area contributed by atoms with E-state index in [9.17, 15) is 15.0 Å². The third-order valence-corrected chi connectivity index (χ3v) is 2.32. The Morgan fingerprint density at radius 2 is 1.89 bits per heavy atom. The van der Waals surface area contributed by atoms with Gasteiger partial charge in [0.25, 0.3) is 0 Å². The van der Waals surface area contributed by atoms with Crippen LogP contribution in [0.3, 0.4) is 0 Å². The molecule has 1 aromatic rings. The number of benzene rings is 1. The maximum atomic E-state index is 11.8. The number of aliphatic hydroxyl groups excluding tert-OH is 1. The predicted octanol–water partition coefficient (Wildman–Crippen LogP) is 1.69. The Labute approximate surface area is 112 Å². The molecule has 0 heterocycles. The maximum Gasteiger partial charge on any atom is 0.339 e. The number of aliphatic hydroxyl groups is 1. The zero-order valence-corrected chi connectivity index (χ0v) is 11.0. The van der Waals surface area contributed by atoms with Crippen molar-refractivity contribution in [1.82, 2.24) is 0 Å². The van der Waals surface area contributed by atoms with Crippen LogP contribution in [-0.4, -0.2) is 35.7 Å². The summed E-state index contributed by atoms with van der Waals surface area (Å²) in [5.41, 5.74) is 0.675. The minimum atomic E-state index is -1.34. The molecule has 5 nitrogen and oxygen atoms in total. The van der Waals surface area contributed by atoms with Crippen molar-refractivity contribution in [2.45, 2.75) is 20.1 Å². The summed E-state index contributed by atoms with van der Waals surface area (Å²) in [7, 11) is 0. The molecule has 104 valence electrons. The average Bonchev–Trinajstić information content (AvgIpc) is 2.38. The van der Waals surface area contributed by atoms with E-state index in [0.29, 0.717) is 5.56 Å². The van der Waals surface area contributed by atoms with Crippen molar-refractivity contribution in [3.8, 4) is 5.75 Å². The van der Waals surface area contributed by atoms with Crippen molar-refractivity contribution >= 4 is 12.0 Å². The number of hydrogen-bond acceptors (Lipinski definition) is 5. The summed E-state index contributed by atoms with van der Waals surface area (Å²) in [5, 5.41) is 19.0. The molecule has 0 aliphatic carbocycles. The van der Waals surface area contributed by atoms with Crippen LogP contribution in [0.25, 0.3) is 6.08 Å². The topological polar surface area (TPSA) is 76.0 Å². The first-order valence-electron chi connectivity index (χ1n) is 6.05. The summed E-state index contributed by atoms with van der Waals surface area (Å²) < 4.78 is 9.88. The molecule has 0 saturated carbocycles. The number of rotatable bonds is 6. The first-order chi connectivity index (χ1) is 9.08. The summed E-state index contributed by atoms with van der Waals surface area (Å²) >= 11 is 0. The second-order valence-electron chi connectivity index (χ2n) is 3.72. The summed E-state index contributed by atoms with van der Waals surface area (Å²) in [5.74, 6) is -0.503. The lowest BCUT2D eigenvalue weighted by Crippen LogP contribution is -2.23. The van der Waals surface area contributed by atoms with E-state index in [1.807, 2.05) is 0 Å². The van der Waals surface area contributed by atoms with E-state index in [2.05, 4.69) is 0 Å². The van der Waals surface area contributed by atoms with Crippen molar-refractivity contribution in [2.75, 3.05) is 13.2 Å². The molecule has 5 heteroatoms. The van der Waals surface area contributed by atoms with Crippen molar-refractivity contribution < 1.29 is 24.5 Å². The fourth-order valence-corrected chi connectivity index (χ4v) is 1.44. The van der Waals surface area contributed by atoms with E-state index in [1.165, 1.54) is 18.2 Å². The van der Waals surface area contributed by atoms with Crippen LogP contribution in [0, 0.1) is 0 Å². The zero-order valence-electron chi connectivity index (χ0n) is 11.0. The van der Waals surface area contributed by atoms with Gasteiger partial charge in [0, 0.05) is 6.61 Å². The van der Waals surface area contributed by atoms with E-state index in [4.69, 9.17) is 9.47 Å². The minimum Gasteiger partial charge on any atom is -0.508 e. The number of carbonyl (C=O) groups is 1. The molecular formula is C14H18O5. The lowest BCUT2D eigenvalue weighted by atomic mass is 10.1. The largest absolute Gasteiger partial charge is 0.508 e. The van der Waals surface area contributed by atoms with Gasteiger partial charge in [-0.3, -0.25) is 0 Å². The molecule has 0 bridgehead atoms. The summed E-state index contributed by atoms with van der Waals surface area (Å²) in [6, 6.07) is 6.21. The first-order valence-corrected chi connectivity index (χ1v) is 6.05. The molecule has 0 saturated heterocycles. The standard InChI is InChI=1S/C14H18O5/c1-3-18-13(16)12(14(17)19-4-2)9-10-5-7-11(15)8-6-10/h5-9,13,15-16H,3-4H2,1-2H3. The SMILES string of the molecule is CCOC(=O)C(=Cc1ccc(O)cc1)C(O)OCC. The molecule has 1 atom stereocenters. The van der Waals surface area contributed by atoms with Gasteiger partial charge in [0.05, 0.1) is 12.2 Å². The molecule has 2 N–H and O–H groups in total. The highest BCUT2D eigenvalue weighted by atomic mass is 16.6. The van der Waals surface area contributed by atoms with Crippen LogP contribution >= 0.6 is 0 Å². The lowest BCUT2D eigenvalue weighted by molar-refractivity contribution is -0.144. The molecule has 0 aromatic heterocycles. The Bertz CT molecular complexity index is 436. The van der Waals surface area contributed by atoms with Gasteiger partial charge in [0.1, 0.15) is 5.75 Å². The second kappa shape index (κ2) is 7.56. The van der Waals surface area contributed by atoms with Gasteiger partial charge in [-0.1, -0.05) is 12.1 Å². The van der Waals surface area contributed by atoms with E-state index >= 15 is 0 Å². The highest BCUT2D eigenvalue weighted by Crippen LogP contribution is 2.16. The van der Waals surface area contributed by atoms with Gasteiger partial charge in [0.15, 0.2) is 6.29 Å². The number of carbonyl (C=O) groups excluding carboxylic acids is 1. The van der Waals surface area contributed by atoms with Crippen molar-refractivity contribution in [3.05, 3.63) is 35.4 Å². The van der Waals surface area contributed by atoms with Crippen LogP contribution < -0.4 is 0 Å². The third-order valence-electron chi connectivity index (χ3n) is 2.32. The number of hydrogen-bond donors (Lipinski definition) is 2. The van der Waals surface area contributed by atoms with Gasteiger partial charge in [-0.2, -0.15) is 0 Å². The molecule has 0 aliphatic heterocycles.